The molecule has 0 bridgehead atoms. The fourth-order valence-electron chi connectivity index (χ4n) is 13.0. The van der Waals surface area contributed by atoms with E-state index in [0.717, 1.165) is 27.5 Å². The van der Waals surface area contributed by atoms with Gasteiger partial charge in [-0.15, -0.1) is 0 Å². The molecule has 2 heteroatoms. The molecule has 4 aromatic heterocycles. The third-order valence-corrected chi connectivity index (χ3v) is 16.9. The van der Waals surface area contributed by atoms with Gasteiger partial charge in [-0.05, 0) is 197 Å². The Kier molecular flexibility index (Phi) is 7.79. The largest absolute Gasteiger partial charge is 0.307 e. The highest BCUT2D eigenvalue weighted by atomic mass is 14.9. The molecule has 0 amide bonds. The van der Waals surface area contributed by atoms with E-state index in [4.69, 9.17) is 4.11 Å². The molecule has 0 saturated carbocycles. The van der Waals surface area contributed by atoms with E-state index >= 15 is 0 Å². The molecule has 0 aliphatic carbocycles. The minimum Gasteiger partial charge on any atom is -0.307 e. The molecule has 2 nitrogen and oxygen atoms in total. The van der Waals surface area contributed by atoms with Crippen LogP contribution in [0.4, 0.5) is 0 Å². The van der Waals surface area contributed by atoms with Gasteiger partial charge in [-0.25, -0.2) is 0 Å². The molecule has 14 aromatic rings. The monoisotopic (exact) mass is 936 g/mol. The number of hydrogen-bond donors (Lipinski definition) is 0. The van der Waals surface area contributed by atoms with Gasteiger partial charge >= 0.3 is 0 Å². The second-order valence-electron chi connectivity index (χ2n) is 25.7. The van der Waals surface area contributed by atoms with Crippen molar-refractivity contribution in [1.82, 2.24) is 8.80 Å². The van der Waals surface area contributed by atoms with Crippen molar-refractivity contribution < 1.29 is 4.11 Å². The molecule has 354 valence electrons. The minimum absolute atomic E-state index is 0.0146. The Labute approximate surface area is 427 Å². The Hall–Kier alpha value is -7.16. The Morgan fingerprint density at radius 3 is 1.07 bits per heavy atom. The Morgan fingerprint density at radius 2 is 0.681 bits per heavy atom. The van der Waals surface area contributed by atoms with Crippen molar-refractivity contribution >= 4 is 109 Å². The van der Waals surface area contributed by atoms with Crippen LogP contribution in [-0.2, 0) is 21.7 Å². The first kappa shape index (κ1) is 40.4. The topological polar surface area (TPSA) is 8.82 Å². The van der Waals surface area contributed by atoms with Gasteiger partial charge in [0.25, 0.3) is 0 Å². The van der Waals surface area contributed by atoms with E-state index in [1.54, 1.807) is 6.07 Å². The SMILES string of the molecule is [2H]C([2H])([2H])c1cccc(C)c1-c1cc2ccc3cc(-c4c5c(cc6c7cc(C(C)(C)C)cc8c9cc(C(C)(C)C)ccc9n(c46)c87)c4cc(C(C)(C)C)cc6c7cc(C(C)(C)C)ccc7n5c64)cc4ccc(c1)c2c34. The van der Waals surface area contributed by atoms with Gasteiger partial charge in [-0.3, -0.25) is 0 Å². The normalized spacial score (nSPS) is 14.5. The predicted octanol–water partition coefficient (Wildman–Crippen LogP) is 20.0. The molecule has 72 heavy (non-hydrogen) atoms. The maximum atomic E-state index is 8.47. The highest BCUT2D eigenvalue weighted by molar-refractivity contribution is 6.34. The van der Waals surface area contributed by atoms with E-state index in [9.17, 15) is 0 Å². The van der Waals surface area contributed by atoms with Crippen LogP contribution in [0.25, 0.3) is 131 Å². The van der Waals surface area contributed by atoms with Gasteiger partial charge in [0.05, 0.1) is 33.1 Å². The predicted molar refractivity (Wildman–Crippen MR) is 315 cm³/mol. The average Bonchev–Trinajstić information content (AvgIpc) is 4.15. The second-order valence-corrected chi connectivity index (χ2v) is 25.7. The molecular weight excluding hydrogens is 869 g/mol. The quantitative estimate of drug-likeness (QED) is 0.153. The highest BCUT2D eigenvalue weighted by Crippen LogP contribution is 2.53. The first-order valence-electron chi connectivity index (χ1n) is 27.6. The van der Waals surface area contributed by atoms with Gasteiger partial charge in [-0.1, -0.05) is 138 Å². The van der Waals surface area contributed by atoms with Crippen LogP contribution in [0, 0.1) is 13.8 Å². The van der Waals surface area contributed by atoms with E-state index in [-0.39, 0.29) is 21.7 Å². The summed E-state index contributed by atoms with van der Waals surface area (Å²) in [7, 11) is 0. The van der Waals surface area contributed by atoms with Crippen LogP contribution in [0.2, 0.25) is 0 Å². The minimum atomic E-state index is -2.23. The summed E-state index contributed by atoms with van der Waals surface area (Å²) in [6.45, 7) is 27.8. The van der Waals surface area contributed by atoms with Crippen LogP contribution in [-0.4, -0.2) is 8.80 Å². The number of fused-ring (bicyclic) bond motifs is 12. The molecule has 0 unspecified atom stereocenters. The standard InChI is InChI=1S/C70H64N2/c1-37-16-15-17-38(2)59(37)43-26-39-18-20-41-28-44(29-42-21-19-40(27-43)60(39)61(41)42)62-65-55(53-34-47(69(9,10)11)32-51-49-30-45(67(3,4)5)22-24-57(49)71(65)63(51)53)36-56-54-35-48(70(12,13)14)33-52-50-31-46(68(6,7)8)23-25-58(50)72(64(52)54)66(56)62/h15-36H,1-14H3/i1D3. The Morgan fingerprint density at radius 1 is 0.333 bits per heavy atom. The van der Waals surface area contributed by atoms with E-state index in [2.05, 4.69) is 207 Å². The number of aromatic nitrogens is 2. The second kappa shape index (κ2) is 13.9. The molecule has 0 fully saturated rings. The van der Waals surface area contributed by atoms with E-state index in [0.29, 0.717) is 5.56 Å². The van der Waals surface area contributed by atoms with Gasteiger partial charge in [0.1, 0.15) is 0 Å². The fraction of sp³-hybridized carbons (Fsp3) is 0.257. The first-order chi connectivity index (χ1) is 35.3. The molecule has 0 aliphatic heterocycles. The molecule has 0 radical (unpaired) electrons. The van der Waals surface area contributed by atoms with Gasteiger partial charge in [0.15, 0.2) is 0 Å². The maximum Gasteiger partial charge on any atom is 0.0641 e. The molecular formula is C70H64N2. The van der Waals surface area contributed by atoms with E-state index in [1.807, 2.05) is 19.1 Å². The van der Waals surface area contributed by atoms with Crippen molar-refractivity contribution in [2.24, 2.45) is 0 Å². The summed E-state index contributed by atoms with van der Waals surface area (Å²) in [4.78, 5) is 0. The van der Waals surface area contributed by atoms with Crippen LogP contribution in [0.3, 0.4) is 0 Å². The van der Waals surface area contributed by atoms with Crippen molar-refractivity contribution in [2.45, 2.75) is 119 Å². The lowest BCUT2D eigenvalue weighted by molar-refractivity contribution is 0.590. The summed E-state index contributed by atoms with van der Waals surface area (Å²) in [5, 5.41) is 17.4. The smallest absolute Gasteiger partial charge is 0.0641 e. The lowest BCUT2D eigenvalue weighted by Crippen LogP contribution is -2.11. The van der Waals surface area contributed by atoms with Gasteiger partial charge in [0, 0.05) is 52.8 Å². The highest BCUT2D eigenvalue weighted by Gasteiger charge is 2.31. The van der Waals surface area contributed by atoms with Crippen molar-refractivity contribution in [3.05, 3.63) is 167 Å². The Bertz CT molecular complexity index is 4510. The van der Waals surface area contributed by atoms with Gasteiger partial charge < -0.3 is 8.80 Å². The van der Waals surface area contributed by atoms with Crippen LogP contribution in [0.1, 0.15) is 121 Å². The van der Waals surface area contributed by atoms with Crippen molar-refractivity contribution in [2.75, 3.05) is 0 Å². The summed E-state index contributed by atoms with van der Waals surface area (Å²) in [5.74, 6) is 0. The molecule has 0 atom stereocenters. The molecule has 14 rings (SSSR count). The first-order valence-corrected chi connectivity index (χ1v) is 26.1. The van der Waals surface area contributed by atoms with Gasteiger partial charge in [0.2, 0.25) is 0 Å². The summed E-state index contributed by atoms with van der Waals surface area (Å²) >= 11 is 0. The average molecular weight is 936 g/mol. The number of rotatable bonds is 2. The zero-order chi connectivity index (χ0) is 52.5. The van der Waals surface area contributed by atoms with Crippen molar-refractivity contribution in [3.63, 3.8) is 0 Å². The molecule has 10 aromatic carbocycles. The molecule has 0 aliphatic rings. The number of nitrogens with zero attached hydrogens (tertiary/aromatic N) is 2. The zero-order valence-corrected chi connectivity index (χ0v) is 44.1. The summed E-state index contributed by atoms with van der Waals surface area (Å²) in [6.07, 6.45) is 0. The van der Waals surface area contributed by atoms with Crippen LogP contribution >= 0.6 is 0 Å². The van der Waals surface area contributed by atoms with E-state index < -0.39 is 6.85 Å². The van der Waals surface area contributed by atoms with Crippen molar-refractivity contribution in [3.8, 4) is 22.3 Å². The number of hydrogen-bond acceptors (Lipinski definition) is 0. The lowest BCUT2D eigenvalue weighted by Gasteiger charge is -2.21. The van der Waals surface area contributed by atoms with E-state index in [1.165, 1.54) is 131 Å². The molecule has 0 saturated heterocycles. The van der Waals surface area contributed by atoms with Crippen LogP contribution < -0.4 is 0 Å². The summed E-state index contributed by atoms with van der Waals surface area (Å²) in [5.41, 5.74) is 18.2. The van der Waals surface area contributed by atoms with Crippen molar-refractivity contribution in [1.29, 1.82) is 0 Å². The molecule has 0 N–H and O–H groups in total. The number of benzene rings is 10. The molecule has 0 spiro atoms. The zero-order valence-electron chi connectivity index (χ0n) is 47.1. The number of aryl methyl sites for hydroxylation is 2. The third kappa shape index (κ3) is 5.84. The maximum absolute atomic E-state index is 8.47. The summed E-state index contributed by atoms with van der Waals surface area (Å²) in [6, 6.07) is 51.1. The molecule has 4 heterocycles. The van der Waals surface area contributed by atoms with Gasteiger partial charge in [-0.2, -0.15) is 0 Å². The fourth-order valence-corrected chi connectivity index (χ4v) is 13.0. The third-order valence-electron chi connectivity index (χ3n) is 16.9. The Balaban J connectivity index is 1.18. The lowest BCUT2D eigenvalue weighted by atomic mass is 9.83. The van der Waals surface area contributed by atoms with Crippen LogP contribution in [0.15, 0.2) is 133 Å². The summed E-state index contributed by atoms with van der Waals surface area (Å²) < 4.78 is 30.7. The van der Waals surface area contributed by atoms with Crippen LogP contribution in [0.5, 0.6) is 0 Å².